The number of benzene rings is 3. The maximum atomic E-state index is 13.1. The Labute approximate surface area is 201 Å². The highest BCUT2D eigenvalue weighted by Gasteiger charge is 2.38. The number of imide groups is 1. The van der Waals surface area contributed by atoms with Crippen LogP contribution in [0.15, 0.2) is 66.7 Å². The maximum absolute atomic E-state index is 13.1. The first kappa shape index (κ1) is 21.4. The van der Waals surface area contributed by atoms with Crippen molar-refractivity contribution in [1.82, 2.24) is 5.32 Å². The molecule has 0 unspecified atom stereocenters. The average Bonchev–Trinajstić information content (AvgIpc) is 3.01. The summed E-state index contributed by atoms with van der Waals surface area (Å²) in [6, 6.07) is 18.6. The van der Waals surface area contributed by atoms with Gasteiger partial charge in [-0.15, -0.1) is 0 Å². The third-order valence-electron chi connectivity index (χ3n) is 4.58. The lowest BCUT2D eigenvalue weighted by molar-refractivity contribution is 0.0924. The van der Waals surface area contributed by atoms with E-state index < -0.39 is 17.7 Å². The number of thiocarbonyl (C=S) groups is 1. The van der Waals surface area contributed by atoms with Crippen LogP contribution in [0.25, 0.3) is 0 Å². The van der Waals surface area contributed by atoms with Gasteiger partial charge in [-0.2, -0.15) is 0 Å². The second kappa shape index (κ2) is 8.74. The van der Waals surface area contributed by atoms with E-state index in [1.807, 2.05) is 0 Å². The molecule has 4 rings (SSSR count). The molecule has 2 N–H and O–H groups in total. The van der Waals surface area contributed by atoms with Crippen molar-refractivity contribution in [2.45, 2.75) is 0 Å². The highest BCUT2D eigenvalue weighted by molar-refractivity contribution is 14.1. The fraction of sp³-hybridized carbons (Fsp3) is 0. The molecule has 0 saturated carbocycles. The van der Waals surface area contributed by atoms with Crippen LogP contribution in [0.2, 0.25) is 5.02 Å². The zero-order valence-corrected chi connectivity index (χ0v) is 19.4. The van der Waals surface area contributed by atoms with Gasteiger partial charge in [-0.3, -0.25) is 19.7 Å². The van der Waals surface area contributed by atoms with Gasteiger partial charge in [-0.25, -0.2) is 4.90 Å². The number of hydrogen-bond donors (Lipinski definition) is 2. The molecule has 0 bridgehead atoms. The number of rotatable bonds is 3. The highest BCUT2D eigenvalue weighted by atomic mass is 127. The summed E-state index contributed by atoms with van der Waals surface area (Å²) in [7, 11) is 0. The molecule has 0 aromatic heterocycles. The molecule has 154 valence electrons. The van der Waals surface area contributed by atoms with Crippen LogP contribution in [-0.2, 0) is 0 Å². The van der Waals surface area contributed by atoms with Crippen LogP contribution in [0.1, 0.15) is 31.1 Å². The third kappa shape index (κ3) is 4.18. The Morgan fingerprint density at radius 2 is 1.71 bits per heavy atom. The molecule has 1 aliphatic rings. The van der Waals surface area contributed by atoms with E-state index in [9.17, 15) is 14.4 Å². The first-order valence-electron chi connectivity index (χ1n) is 9.01. The quantitative estimate of drug-likeness (QED) is 0.271. The van der Waals surface area contributed by atoms with Crippen molar-refractivity contribution in [3.63, 3.8) is 0 Å². The standard InChI is InChI=1S/C22H13ClIN3O3S/c23-16-10-9-12(24)11-15(16)19(28)26-22(31)25-17-8-4-7-14-18(17)21(30)27(20(14)29)13-5-2-1-3-6-13/h1-11H,(H2,25,26,28,31). The number of anilines is 2. The first-order chi connectivity index (χ1) is 14.9. The molecule has 3 amide bonds. The van der Waals surface area contributed by atoms with Gasteiger partial charge in [-0.05, 0) is 77.3 Å². The summed E-state index contributed by atoms with van der Waals surface area (Å²) in [5, 5.41) is 5.68. The molecule has 9 heteroatoms. The lowest BCUT2D eigenvalue weighted by Crippen LogP contribution is -2.35. The van der Waals surface area contributed by atoms with Crippen molar-refractivity contribution in [3.05, 3.63) is 92.0 Å². The van der Waals surface area contributed by atoms with E-state index in [1.54, 1.807) is 66.7 Å². The monoisotopic (exact) mass is 561 g/mol. The number of nitrogens with zero attached hydrogens (tertiary/aromatic N) is 1. The number of fused-ring (bicyclic) bond motifs is 1. The van der Waals surface area contributed by atoms with E-state index in [2.05, 4.69) is 33.2 Å². The molecule has 6 nitrogen and oxygen atoms in total. The van der Waals surface area contributed by atoms with Crippen LogP contribution in [0.3, 0.4) is 0 Å². The van der Waals surface area contributed by atoms with Gasteiger partial charge in [0.15, 0.2) is 5.11 Å². The molecule has 31 heavy (non-hydrogen) atoms. The molecule has 0 atom stereocenters. The van der Waals surface area contributed by atoms with E-state index in [-0.39, 0.29) is 21.8 Å². The predicted octanol–water partition coefficient (Wildman–Crippen LogP) is 4.87. The molecule has 1 heterocycles. The van der Waals surface area contributed by atoms with Crippen molar-refractivity contribution >= 4 is 80.6 Å². The number of carbonyl (C=O) groups excluding carboxylic acids is 3. The van der Waals surface area contributed by atoms with Gasteiger partial charge >= 0.3 is 0 Å². The molecular formula is C22H13ClIN3O3S. The third-order valence-corrected chi connectivity index (χ3v) is 5.78. The Kier molecular flexibility index (Phi) is 6.03. The fourth-order valence-electron chi connectivity index (χ4n) is 3.20. The minimum absolute atomic E-state index is 0.0215. The van der Waals surface area contributed by atoms with Gasteiger partial charge in [0.1, 0.15) is 0 Å². The van der Waals surface area contributed by atoms with Gasteiger partial charge in [0.25, 0.3) is 17.7 Å². The van der Waals surface area contributed by atoms with Gasteiger partial charge in [0, 0.05) is 3.57 Å². The topological polar surface area (TPSA) is 78.5 Å². The zero-order valence-electron chi connectivity index (χ0n) is 15.7. The minimum Gasteiger partial charge on any atom is -0.332 e. The molecule has 0 spiro atoms. The number of carbonyl (C=O) groups is 3. The van der Waals surface area contributed by atoms with Crippen LogP contribution >= 0.6 is 46.4 Å². The average molecular weight is 562 g/mol. The van der Waals surface area contributed by atoms with Gasteiger partial charge in [0.2, 0.25) is 0 Å². The summed E-state index contributed by atoms with van der Waals surface area (Å²) in [5.74, 6) is -1.37. The number of amides is 3. The fourth-order valence-corrected chi connectivity index (χ4v) is 4.09. The minimum atomic E-state index is -0.484. The van der Waals surface area contributed by atoms with Gasteiger partial charge in [0.05, 0.1) is 33.1 Å². The second-order valence-corrected chi connectivity index (χ2v) is 8.60. The van der Waals surface area contributed by atoms with Gasteiger partial charge in [-0.1, -0.05) is 35.9 Å². The summed E-state index contributed by atoms with van der Waals surface area (Å²) in [6.45, 7) is 0. The van der Waals surface area contributed by atoms with Crippen molar-refractivity contribution in [2.75, 3.05) is 10.2 Å². The normalized spacial score (nSPS) is 12.5. The van der Waals surface area contributed by atoms with E-state index in [1.165, 1.54) is 0 Å². The van der Waals surface area contributed by atoms with Crippen LogP contribution < -0.4 is 15.5 Å². The first-order valence-corrected chi connectivity index (χ1v) is 10.9. The summed E-state index contributed by atoms with van der Waals surface area (Å²) in [4.78, 5) is 39.6. The van der Waals surface area contributed by atoms with Crippen LogP contribution in [0, 0.1) is 3.57 Å². The van der Waals surface area contributed by atoms with Crippen molar-refractivity contribution in [3.8, 4) is 0 Å². The Bertz CT molecular complexity index is 1250. The maximum Gasteiger partial charge on any atom is 0.268 e. The summed E-state index contributed by atoms with van der Waals surface area (Å²) in [6.07, 6.45) is 0. The Balaban J connectivity index is 1.57. The smallest absolute Gasteiger partial charge is 0.268 e. The van der Waals surface area contributed by atoms with Crippen molar-refractivity contribution in [1.29, 1.82) is 0 Å². The lowest BCUT2D eigenvalue weighted by atomic mass is 10.1. The van der Waals surface area contributed by atoms with Crippen molar-refractivity contribution < 1.29 is 14.4 Å². The number of nitrogens with one attached hydrogen (secondary N) is 2. The molecule has 0 saturated heterocycles. The van der Waals surface area contributed by atoms with Gasteiger partial charge < -0.3 is 5.32 Å². The van der Waals surface area contributed by atoms with Crippen molar-refractivity contribution in [2.24, 2.45) is 0 Å². The zero-order chi connectivity index (χ0) is 22.1. The summed E-state index contributed by atoms with van der Waals surface area (Å²) in [5.41, 5.74) is 1.53. The van der Waals surface area contributed by atoms with Crippen LogP contribution in [0.4, 0.5) is 11.4 Å². The highest BCUT2D eigenvalue weighted by Crippen LogP contribution is 2.32. The van der Waals surface area contributed by atoms with E-state index in [4.69, 9.17) is 23.8 Å². The van der Waals surface area contributed by atoms with E-state index in [0.717, 1.165) is 8.47 Å². The lowest BCUT2D eigenvalue weighted by Gasteiger charge is -2.14. The molecule has 3 aromatic rings. The molecule has 0 radical (unpaired) electrons. The number of para-hydroxylation sites is 1. The molecule has 1 aliphatic heterocycles. The molecule has 0 fully saturated rings. The number of hydrogen-bond acceptors (Lipinski definition) is 4. The Morgan fingerprint density at radius 3 is 2.45 bits per heavy atom. The molecule has 3 aromatic carbocycles. The predicted molar refractivity (Wildman–Crippen MR) is 132 cm³/mol. The second-order valence-electron chi connectivity index (χ2n) is 6.54. The number of halogens is 2. The summed E-state index contributed by atoms with van der Waals surface area (Å²) >= 11 is 13.4. The molecule has 0 aliphatic carbocycles. The summed E-state index contributed by atoms with van der Waals surface area (Å²) < 4.78 is 0.844. The SMILES string of the molecule is O=C(NC(=S)Nc1cccc2c1C(=O)N(c1ccccc1)C2=O)c1cc(I)ccc1Cl. The van der Waals surface area contributed by atoms with E-state index in [0.29, 0.717) is 16.4 Å². The van der Waals surface area contributed by atoms with Crippen LogP contribution in [0.5, 0.6) is 0 Å². The van der Waals surface area contributed by atoms with E-state index >= 15 is 0 Å². The van der Waals surface area contributed by atoms with Crippen LogP contribution in [-0.4, -0.2) is 22.8 Å². The Morgan fingerprint density at radius 1 is 0.968 bits per heavy atom. The molecular weight excluding hydrogens is 549 g/mol. The largest absolute Gasteiger partial charge is 0.332 e. The Hall–Kier alpha value is -2.82.